The van der Waals surface area contributed by atoms with Crippen molar-refractivity contribution in [2.75, 3.05) is 19.6 Å². The number of carbonyl (C=O) groups excluding carboxylic acids is 2. The van der Waals surface area contributed by atoms with Crippen LogP contribution in [0.4, 0.5) is 0 Å². The Hall–Kier alpha value is -1.14. The van der Waals surface area contributed by atoms with Crippen molar-refractivity contribution < 1.29 is 9.59 Å². The molecule has 170 valence electrons. The number of hydrogen-bond donors (Lipinski definition) is 3. The van der Waals surface area contributed by atoms with Gasteiger partial charge in [0.2, 0.25) is 11.8 Å². The van der Waals surface area contributed by atoms with E-state index in [1.807, 2.05) is 4.90 Å². The fraction of sp³-hybridized carbons (Fsp3) is 0.917. The largest absolute Gasteiger partial charge is 0.350 e. The van der Waals surface area contributed by atoms with Crippen LogP contribution in [0.1, 0.15) is 84.0 Å². The number of nitrogens with zero attached hydrogens (tertiary/aromatic N) is 1. The molecule has 4 rings (SSSR count). The van der Waals surface area contributed by atoms with Crippen LogP contribution < -0.4 is 16.4 Å². The van der Waals surface area contributed by atoms with Crippen LogP contribution in [0, 0.1) is 17.8 Å². The zero-order valence-corrected chi connectivity index (χ0v) is 18.8. The van der Waals surface area contributed by atoms with Crippen molar-refractivity contribution in [1.82, 2.24) is 15.5 Å². The van der Waals surface area contributed by atoms with E-state index in [0.717, 1.165) is 31.7 Å². The highest BCUT2D eigenvalue weighted by atomic mass is 16.2. The molecule has 2 aliphatic carbocycles. The number of likely N-dealkylation sites (tertiary alicyclic amines) is 1. The molecule has 0 radical (unpaired) electrons. The minimum absolute atomic E-state index is 0.0699. The lowest BCUT2D eigenvalue weighted by atomic mass is 9.59. The molecule has 0 aromatic rings. The molecular formula is C24H42N4O2. The summed E-state index contributed by atoms with van der Waals surface area (Å²) in [5.74, 6) is 2.35. The molecule has 2 amide bonds. The number of rotatable bonds is 6. The molecule has 2 saturated carbocycles. The molecule has 0 spiro atoms. The van der Waals surface area contributed by atoms with Gasteiger partial charge >= 0.3 is 0 Å². The second kappa shape index (κ2) is 9.56. The van der Waals surface area contributed by atoms with Crippen molar-refractivity contribution in [3.8, 4) is 0 Å². The van der Waals surface area contributed by atoms with Crippen molar-refractivity contribution in [3.63, 3.8) is 0 Å². The van der Waals surface area contributed by atoms with Gasteiger partial charge in [-0.25, -0.2) is 0 Å². The molecule has 2 saturated heterocycles. The smallest absolute Gasteiger partial charge is 0.237 e. The lowest BCUT2D eigenvalue weighted by Crippen LogP contribution is -2.61. The maximum absolute atomic E-state index is 13.2. The zero-order chi connectivity index (χ0) is 21.1. The number of carbonyl (C=O) groups is 2. The summed E-state index contributed by atoms with van der Waals surface area (Å²) in [5.41, 5.74) is 5.70. The molecule has 4 aliphatic rings. The van der Waals surface area contributed by atoms with Crippen molar-refractivity contribution in [2.45, 2.75) is 102 Å². The number of nitrogens with two attached hydrogens (primary N) is 1. The Morgan fingerprint density at radius 3 is 2.60 bits per heavy atom. The second-order valence-corrected chi connectivity index (χ2v) is 10.5. The Bertz CT molecular complexity index is 620. The van der Waals surface area contributed by atoms with Crippen LogP contribution in [-0.4, -0.2) is 54.0 Å². The van der Waals surface area contributed by atoms with Crippen molar-refractivity contribution in [1.29, 1.82) is 0 Å². The Labute approximate surface area is 182 Å². The number of amides is 2. The highest BCUT2D eigenvalue weighted by Crippen LogP contribution is 2.52. The normalized spacial score (nSPS) is 37.2. The van der Waals surface area contributed by atoms with E-state index in [0.29, 0.717) is 31.3 Å². The van der Waals surface area contributed by atoms with E-state index in [9.17, 15) is 9.59 Å². The Balaban J connectivity index is 1.37. The van der Waals surface area contributed by atoms with Gasteiger partial charge in [-0.15, -0.1) is 0 Å². The maximum Gasteiger partial charge on any atom is 0.237 e. The van der Waals surface area contributed by atoms with Crippen LogP contribution in [-0.2, 0) is 9.59 Å². The number of fused-ring (bicyclic) bond motifs is 1. The van der Waals surface area contributed by atoms with Crippen LogP contribution in [0.3, 0.4) is 0 Å². The molecule has 6 nitrogen and oxygen atoms in total. The molecule has 5 atom stereocenters. The first kappa shape index (κ1) is 22.1. The minimum Gasteiger partial charge on any atom is -0.350 e. The molecule has 30 heavy (non-hydrogen) atoms. The highest BCUT2D eigenvalue weighted by molar-refractivity contribution is 5.83. The molecule has 5 unspecified atom stereocenters. The van der Waals surface area contributed by atoms with Gasteiger partial charge in [-0.05, 0) is 69.2 Å². The van der Waals surface area contributed by atoms with Crippen LogP contribution in [0.25, 0.3) is 0 Å². The molecule has 2 heterocycles. The van der Waals surface area contributed by atoms with E-state index in [2.05, 4.69) is 17.6 Å². The molecule has 0 bridgehead atoms. The van der Waals surface area contributed by atoms with Gasteiger partial charge in [0.25, 0.3) is 0 Å². The van der Waals surface area contributed by atoms with Gasteiger partial charge in [0.05, 0.1) is 6.04 Å². The monoisotopic (exact) mass is 418 g/mol. The molecule has 2 aliphatic heterocycles. The fourth-order valence-corrected chi connectivity index (χ4v) is 7.19. The zero-order valence-electron chi connectivity index (χ0n) is 18.8. The lowest BCUT2D eigenvalue weighted by molar-refractivity contribution is -0.130. The van der Waals surface area contributed by atoms with E-state index in [4.69, 9.17) is 5.73 Å². The van der Waals surface area contributed by atoms with E-state index < -0.39 is 0 Å². The van der Waals surface area contributed by atoms with Crippen LogP contribution in [0.2, 0.25) is 0 Å². The highest BCUT2D eigenvalue weighted by Gasteiger charge is 2.56. The number of nitrogens with one attached hydrogen (secondary N) is 2. The summed E-state index contributed by atoms with van der Waals surface area (Å²) in [7, 11) is 0. The average molecular weight is 419 g/mol. The molecule has 0 aromatic carbocycles. The molecular weight excluding hydrogens is 376 g/mol. The van der Waals surface area contributed by atoms with Gasteiger partial charge in [0, 0.05) is 31.1 Å². The fourth-order valence-electron chi connectivity index (χ4n) is 7.19. The second-order valence-electron chi connectivity index (χ2n) is 10.5. The molecule has 6 heteroatoms. The predicted molar refractivity (Wildman–Crippen MR) is 119 cm³/mol. The van der Waals surface area contributed by atoms with Gasteiger partial charge < -0.3 is 16.0 Å². The van der Waals surface area contributed by atoms with Crippen LogP contribution in [0.5, 0.6) is 0 Å². The summed E-state index contributed by atoms with van der Waals surface area (Å²) >= 11 is 0. The van der Waals surface area contributed by atoms with E-state index in [-0.39, 0.29) is 29.4 Å². The summed E-state index contributed by atoms with van der Waals surface area (Å²) in [5, 5.41) is 7.24. The van der Waals surface area contributed by atoms with Gasteiger partial charge in [-0.1, -0.05) is 32.6 Å². The summed E-state index contributed by atoms with van der Waals surface area (Å²) < 4.78 is 0. The van der Waals surface area contributed by atoms with Gasteiger partial charge in [0.15, 0.2) is 0 Å². The van der Waals surface area contributed by atoms with Gasteiger partial charge in [-0.2, -0.15) is 0 Å². The van der Waals surface area contributed by atoms with Crippen molar-refractivity contribution in [2.24, 2.45) is 23.5 Å². The maximum atomic E-state index is 13.2. The Morgan fingerprint density at radius 2 is 1.83 bits per heavy atom. The summed E-state index contributed by atoms with van der Waals surface area (Å²) in [6.45, 7) is 4.37. The third-order valence-electron chi connectivity index (χ3n) is 8.70. The first-order valence-electron chi connectivity index (χ1n) is 12.6. The van der Waals surface area contributed by atoms with Crippen LogP contribution in [0.15, 0.2) is 0 Å². The first-order valence-corrected chi connectivity index (χ1v) is 12.6. The molecule has 0 aromatic heterocycles. The van der Waals surface area contributed by atoms with E-state index in [1.165, 1.54) is 51.4 Å². The third-order valence-corrected chi connectivity index (χ3v) is 8.70. The van der Waals surface area contributed by atoms with E-state index >= 15 is 0 Å². The predicted octanol–water partition coefficient (Wildman–Crippen LogP) is 2.56. The van der Waals surface area contributed by atoms with Crippen molar-refractivity contribution in [3.05, 3.63) is 0 Å². The van der Waals surface area contributed by atoms with Gasteiger partial charge in [0.1, 0.15) is 0 Å². The first-order chi connectivity index (χ1) is 14.5. The number of hydrogen-bond acceptors (Lipinski definition) is 4. The average Bonchev–Trinajstić information content (AvgIpc) is 3.39. The molecule has 4 fully saturated rings. The standard InChI is InChI=1S/C24H42N4O2/c1-17-7-5-10-19-15-21(27-24(17,19)18-8-3-2-4-9-18)23(30)26-20-12-14-28(16-20)22(29)11-6-13-25/h17-21,27H,2-16,25H2,1H3,(H,26,30). The Kier molecular flexibility index (Phi) is 7.03. The van der Waals surface area contributed by atoms with Crippen LogP contribution >= 0.6 is 0 Å². The summed E-state index contributed by atoms with van der Waals surface area (Å²) in [4.78, 5) is 27.4. The molecule has 4 N–H and O–H groups in total. The SMILES string of the molecule is CC1CCCC2CC(C(=O)NC3CCN(C(=O)CCCN)C3)NC12C1CCCCC1. The Morgan fingerprint density at radius 1 is 1.07 bits per heavy atom. The minimum atomic E-state index is -0.0699. The third kappa shape index (κ3) is 4.27. The van der Waals surface area contributed by atoms with Crippen molar-refractivity contribution >= 4 is 11.8 Å². The van der Waals surface area contributed by atoms with E-state index in [1.54, 1.807) is 0 Å². The quantitative estimate of drug-likeness (QED) is 0.619. The summed E-state index contributed by atoms with van der Waals surface area (Å²) in [6.07, 6.45) is 13.7. The summed E-state index contributed by atoms with van der Waals surface area (Å²) in [6, 6.07) is 0.0197. The topological polar surface area (TPSA) is 87.5 Å². The lowest BCUT2D eigenvalue weighted by Gasteiger charge is -2.51. The van der Waals surface area contributed by atoms with Gasteiger partial charge in [-0.3, -0.25) is 14.9 Å².